The fourth-order valence-corrected chi connectivity index (χ4v) is 9.46. The second-order valence-electron chi connectivity index (χ2n) is 12.3. The zero-order valence-electron chi connectivity index (χ0n) is 22.0. The van der Waals surface area contributed by atoms with Crippen molar-refractivity contribution in [3.63, 3.8) is 0 Å². The average molecular weight is 518 g/mol. The molecule has 0 spiro atoms. The Morgan fingerprint density at radius 1 is 0.973 bits per heavy atom. The fourth-order valence-electron chi connectivity index (χ4n) is 9.46. The lowest BCUT2D eigenvalue weighted by Gasteiger charge is -2.63. The number of nitrogens with zero attached hydrogens (tertiary/aromatic N) is 1. The monoisotopic (exact) mass is 517 g/mol. The molecule has 0 saturated heterocycles. The Morgan fingerprint density at radius 2 is 1.62 bits per heavy atom. The van der Waals surface area contributed by atoms with Gasteiger partial charge in [-0.1, -0.05) is 19.9 Å². The van der Waals surface area contributed by atoms with Crippen LogP contribution in [-0.4, -0.2) is 52.5 Å². The smallest absolute Gasteiger partial charge is 0.303 e. The van der Waals surface area contributed by atoms with E-state index in [-0.39, 0.29) is 47.7 Å². The van der Waals surface area contributed by atoms with E-state index in [0.717, 1.165) is 0 Å². The van der Waals surface area contributed by atoms with Gasteiger partial charge in [-0.2, -0.15) is 0 Å². The molecule has 10 heteroatoms. The molecule has 5 rings (SSSR count). The van der Waals surface area contributed by atoms with Crippen LogP contribution in [0.15, 0.2) is 12.2 Å². The summed E-state index contributed by atoms with van der Waals surface area (Å²) in [5.74, 6) is -2.01. The highest BCUT2D eigenvalue weighted by molar-refractivity contribution is 5.84. The summed E-state index contributed by atoms with van der Waals surface area (Å²) in [6, 6.07) is -1.08. The molecule has 37 heavy (non-hydrogen) atoms. The van der Waals surface area contributed by atoms with E-state index in [4.69, 9.17) is 14.2 Å². The van der Waals surface area contributed by atoms with Crippen molar-refractivity contribution < 1.29 is 38.3 Å². The number of fused-ring (bicyclic) bond motifs is 3. The zero-order chi connectivity index (χ0) is 27.1. The second-order valence-corrected chi connectivity index (χ2v) is 12.3. The molecule has 0 aromatic rings. The van der Waals surface area contributed by atoms with Crippen molar-refractivity contribution in [3.05, 3.63) is 22.3 Å². The number of nitro groups is 1. The van der Waals surface area contributed by atoms with Gasteiger partial charge in [0.25, 0.3) is 6.04 Å². The Morgan fingerprint density at radius 3 is 2.22 bits per heavy atom. The summed E-state index contributed by atoms with van der Waals surface area (Å²) in [5, 5.41) is 12.3. The van der Waals surface area contributed by atoms with E-state index in [1.165, 1.54) is 20.8 Å². The van der Waals surface area contributed by atoms with E-state index in [1.54, 1.807) is 6.08 Å². The average Bonchev–Trinajstić information content (AvgIpc) is 3.14. The summed E-state index contributed by atoms with van der Waals surface area (Å²) in [6.45, 7) is 7.93. The highest BCUT2D eigenvalue weighted by Crippen LogP contribution is 2.77. The van der Waals surface area contributed by atoms with Gasteiger partial charge in [-0.15, -0.1) is 0 Å². The number of carbonyl (C=O) groups is 4. The van der Waals surface area contributed by atoms with Crippen molar-refractivity contribution in [1.29, 1.82) is 0 Å². The molecule has 10 nitrogen and oxygen atoms in total. The first-order valence-electron chi connectivity index (χ1n) is 13.1. The van der Waals surface area contributed by atoms with Crippen LogP contribution in [0.5, 0.6) is 0 Å². The predicted molar refractivity (Wildman–Crippen MR) is 127 cm³/mol. The third kappa shape index (κ3) is 3.29. The molecule has 0 amide bonds. The third-order valence-corrected chi connectivity index (χ3v) is 10.8. The number of carbonyl (C=O) groups excluding carboxylic acids is 4. The lowest BCUT2D eigenvalue weighted by molar-refractivity contribution is -0.540. The molecule has 0 aromatic carbocycles. The summed E-state index contributed by atoms with van der Waals surface area (Å²) >= 11 is 0. The van der Waals surface area contributed by atoms with Gasteiger partial charge >= 0.3 is 17.9 Å². The Balaban J connectivity index is 1.56. The standard InChI is InChI=1S/C27H35NO9/c1-14(29)35-21-11-19-20(32)10-18-17(24(19,4)12-22(21)36-15(2)30)6-7-25(5)26(18)8-9-27(25,37-16(3)31)23(13-26)28(33)34/h8-9,17-19,21-23H,6-7,10-13H2,1-5H3/t17-,18+,19+,21-,22+,23+,24+,25-,26-,27-/m0/s1. The Hall–Kier alpha value is -2.78. The van der Waals surface area contributed by atoms with Crippen molar-refractivity contribution >= 4 is 23.7 Å². The minimum absolute atomic E-state index is 0.0305. The number of ketones is 1. The molecular weight excluding hydrogens is 482 g/mol. The van der Waals surface area contributed by atoms with Gasteiger partial charge in [0.1, 0.15) is 18.0 Å². The number of rotatable bonds is 4. The third-order valence-electron chi connectivity index (χ3n) is 10.8. The van der Waals surface area contributed by atoms with Crippen LogP contribution in [0.3, 0.4) is 0 Å². The van der Waals surface area contributed by atoms with Gasteiger partial charge < -0.3 is 14.2 Å². The number of esters is 3. The first-order valence-corrected chi connectivity index (χ1v) is 13.1. The number of allylic oxidation sites excluding steroid dienone is 1. The molecular formula is C27H35NO9. The molecule has 5 aliphatic rings. The highest BCUT2D eigenvalue weighted by Gasteiger charge is 2.82. The minimum atomic E-state index is -1.35. The SMILES string of the molecule is CC(=O)O[C@H]1C[C@@H]2C(=O)C[C@@H]3[C@H](CC[C@@]4(C)[C@]35C=C[C@]4(OC(C)=O)[C@H]([N+](=O)[O-])C5)[C@@]2(C)C[C@H]1OC(C)=O. The Bertz CT molecular complexity index is 1120. The van der Waals surface area contributed by atoms with Crippen molar-refractivity contribution in [3.8, 4) is 0 Å². The maximum Gasteiger partial charge on any atom is 0.303 e. The topological polar surface area (TPSA) is 139 Å². The lowest BCUT2D eigenvalue weighted by atomic mass is 9.40. The molecule has 4 fully saturated rings. The number of Topliss-reactive ketones (excluding diaryl/α,β-unsaturated/α-hetero) is 1. The molecule has 0 unspecified atom stereocenters. The normalized spacial score (nSPS) is 47.3. The van der Waals surface area contributed by atoms with Crippen molar-refractivity contribution in [1.82, 2.24) is 0 Å². The summed E-state index contributed by atoms with van der Waals surface area (Å²) < 4.78 is 16.9. The van der Waals surface area contributed by atoms with E-state index in [9.17, 15) is 29.3 Å². The van der Waals surface area contributed by atoms with Crippen LogP contribution in [0.2, 0.25) is 0 Å². The van der Waals surface area contributed by atoms with Crippen LogP contribution in [0.1, 0.15) is 73.1 Å². The molecule has 0 aliphatic heterocycles. The first kappa shape index (κ1) is 25.9. The van der Waals surface area contributed by atoms with Crippen molar-refractivity contribution in [2.45, 2.75) is 97.0 Å². The molecule has 4 saturated carbocycles. The van der Waals surface area contributed by atoms with Crippen LogP contribution in [0.4, 0.5) is 0 Å². The van der Waals surface area contributed by atoms with Crippen LogP contribution in [0.25, 0.3) is 0 Å². The van der Waals surface area contributed by atoms with Gasteiger partial charge in [-0.25, -0.2) is 0 Å². The summed E-state index contributed by atoms with van der Waals surface area (Å²) in [7, 11) is 0. The Labute approximate surface area is 215 Å². The van der Waals surface area contributed by atoms with Gasteiger partial charge in [-0.3, -0.25) is 29.3 Å². The minimum Gasteiger partial charge on any atom is -0.459 e. The van der Waals surface area contributed by atoms with Gasteiger partial charge in [0, 0.05) is 55.3 Å². The van der Waals surface area contributed by atoms with E-state index in [2.05, 4.69) is 6.92 Å². The summed E-state index contributed by atoms with van der Waals surface area (Å²) in [6.07, 6.45) is 4.77. The fraction of sp³-hybridized carbons (Fsp3) is 0.778. The quantitative estimate of drug-likeness (QED) is 0.181. The molecule has 0 radical (unpaired) electrons. The zero-order valence-corrected chi connectivity index (χ0v) is 22.0. The molecule has 2 bridgehead atoms. The molecule has 0 heterocycles. The number of hydrogen-bond acceptors (Lipinski definition) is 9. The predicted octanol–water partition coefficient (Wildman–Crippen LogP) is 3.18. The van der Waals surface area contributed by atoms with Crippen molar-refractivity contribution in [2.24, 2.45) is 34.0 Å². The molecule has 5 aliphatic carbocycles. The molecule has 0 aromatic heterocycles. The van der Waals surface area contributed by atoms with Gasteiger partial charge in [0.05, 0.1) is 0 Å². The van der Waals surface area contributed by atoms with E-state index < -0.39 is 58.0 Å². The maximum absolute atomic E-state index is 13.8. The van der Waals surface area contributed by atoms with Crippen LogP contribution < -0.4 is 0 Å². The van der Waals surface area contributed by atoms with Gasteiger partial charge in [0.15, 0.2) is 0 Å². The van der Waals surface area contributed by atoms with Crippen LogP contribution in [0, 0.1) is 44.1 Å². The van der Waals surface area contributed by atoms with Crippen LogP contribution in [-0.2, 0) is 33.4 Å². The highest BCUT2D eigenvalue weighted by atomic mass is 16.6. The first-order chi connectivity index (χ1) is 17.2. The summed E-state index contributed by atoms with van der Waals surface area (Å²) in [5.41, 5.74) is -3.27. The van der Waals surface area contributed by atoms with Gasteiger partial charge in [-0.05, 0) is 49.0 Å². The molecule has 10 atom stereocenters. The number of ether oxygens (including phenoxy) is 3. The largest absolute Gasteiger partial charge is 0.459 e. The molecule has 202 valence electrons. The van der Waals surface area contributed by atoms with E-state index in [0.29, 0.717) is 19.3 Å². The Kier molecular flexibility index (Phi) is 5.66. The van der Waals surface area contributed by atoms with E-state index in [1.807, 2.05) is 13.0 Å². The second kappa shape index (κ2) is 8.11. The maximum atomic E-state index is 13.8. The molecule has 0 N–H and O–H groups in total. The van der Waals surface area contributed by atoms with E-state index >= 15 is 0 Å². The van der Waals surface area contributed by atoms with Crippen molar-refractivity contribution in [2.75, 3.05) is 0 Å². The lowest BCUT2D eigenvalue weighted by Crippen LogP contribution is -2.63. The number of hydrogen-bond donors (Lipinski definition) is 0. The van der Waals surface area contributed by atoms with Gasteiger partial charge in [0.2, 0.25) is 5.60 Å². The van der Waals surface area contributed by atoms with Crippen LogP contribution >= 0.6 is 0 Å². The summed E-state index contributed by atoms with van der Waals surface area (Å²) in [4.78, 5) is 61.6.